The molecule has 2 nitrogen and oxygen atoms in total. The summed E-state index contributed by atoms with van der Waals surface area (Å²) < 4.78 is 0. The fraction of sp³-hybridized carbons (Fsp3) is 0.462. The normalized spacial score (nSPS) is 12.5. The number of aryl methyl sites for hydroxylation is 2. The summed E-state index contributed by atoms with van der Waals surface area (Å²) in [6, 6.07) is 6.24. The lowest BCUT2D eigenvalue weighted by Crippen LogP contribution is -2.13. The SMILES string of the molecule is CC(=O)CCC(N)c1ccc(C)cc1C. The van der Waals surface area contributed by atoms with E-state index in [0.29, 0.717) is 6.42 Å². The van der Waals surface area contributed by atoms with Crippen LogP contribution < -0.4 is 5.73 Å². The predicted molar refractivity (Wildman–Crippen MR) is 62.8 cm³/mol. The zero-order chi connectivity index (χ0) is 11.4. The van der Waals surface area contributed by atoms with Gasteiger partial charge >= 0.3 is 0 Å². The Balaban J connectivity index is 2.73. The molecule has 0 fully saturated rings. The molecule has 0 aliphatic heterocycles. The third-order valence-corrected chi connectivity index (χ3v) is 2.63. The molecule has 0 saturated heterocycles. The van der Waals surface area contributed by atoms with Crippen LogP contribution in [0.1, 0.15) is 42.5 Å². The van der Waals surface area contributed by atoms with Crippen molar-refractivity contribution in [3.63, 3.8) is 0 Å². The van der Waals surface area contributed by atoms with Crippen LogP contribution in [0.25, 0.3) is 0 Å². The van der Waals surface area contributed by atoms with E-state index in [4.69, 9.17) is 5.73 Å². The predicted octanol–water partition coefficient (Wildman–Crippen LogP) is 2.67. The maximum atomic E-state index is 10.9. The summed E-state index contributed by atoms with van der Waals surface area (Å²) in [6.45, 7) is 5.74. The van der Waals surface area contributed by atoms with Gasteiger partial charge in [0.15, 0.2) is 0 Å². The number of nitrogens with two attached hydrogens (primary N) is 1. The minimum Gasteiger partial charge on any atom is -0.324 e. The summed E-state index contributed by atoms with van der Waals surface area (Å²) in [5, 5.41) is 0. The molecular formula is C13H19NO. The summed E-state index contributed by atoms with van der Waals surface area (Å²) in [6.07, 6.45) is 1.30. The smallest absolute Gasteiger partial charge is 0.129 e. The average molecular weight is 205 g/mol. The average Bonchev–Trinajstić information content (AvgIpc) is 2.14. The number of benzene rings is 1. The largest absolute Gasteiger partial charge is 0.324 e. The van der Waals surface area contributed by atoms with Crippen molar-refractivity contribution in [1.29, 1.82) is 0 Å². The van der Waals surface area contributed by atoms with Crippen molar-refractivity contribution in [3.8, 4) is 0 Å². The Morgan fingerprint density at radius 1 is 1.40 bits per heavy atom. The first kappa shape index (κ1) is 11.9. The Bertz CT molecular complexity index is 358. The van der Waals surface area contributed by atoms with Gasteiger partial charge in [-0.3, -0.25) is 0 Å². The van der Waals surface area contributed by atoms with E-state index in [1.54, 1.807) is 6.92 Å². The van der Waals surface area contributed by atoms with E-state index in [0.717, 1.165) is 12.0 Å². The van der Waals surface area contributed by atoms with Gasteiger partial charge in [-0.1, -0.05) is 23.8 Å². The summed E-state index contributed by atoms with van der Waals surface area (Å²) in [5.74, 6) is 0.204. The third kappa shape index (κ3) is 3.48. The quantitative estimate of drug-likeness (QED) is 0.821. The minimum atomic E-state index is -0.0190. The third-order valence-electron chi connectivity index (χ3n) is 2.63. The molecule has 0 aliphatic carbocycles. The van der Waals surface area contributed by atoms with E-state index in [-0.39, 0.29) is 11.8 Å². The topological polar surface area (TPSA) is 43.1 Å². The van der Waals surface area contributed by atoms with Gasteiger partial charge in [-0.2, -0.15) is 0 Å². The molecule has 1 rings (SSSR count). The van der Waals surface area contributed by atoms with Crippen molar-refractivity contribution in [3.05, 3.63) is 34.9 Å². The summed E-state index contributed by atoms with van der Waals surface area (Å²) in [7, 11) is 0. The molecule has 1 aromatic carbocycles. The van der Waals surface area contributed by atoms with Gasteiger partial charge in [0.2, 0.25) is 0 Å². The summed E-state index contributed by atoms with van der Waals surface area (Å²) in [5.41, 5.74) is 9.66. The molecule has 0 spiro atoms. The number of ketones is 1. The first-order valence-electron chi connectivity index (χ1n) is 5.33. The number of rotatable bonds is 4. The van der Waals surface area contributed by atoms with Crippen molar-refractivity contribution in [2.45, 2.75) is 39.7 Å². The van der Waals surface area contributed by atoms with Gasteiger partial charge in [-0.25, -0.2) is 0 Å². The Morgan fingerprint density at radius 3 is 2.60 bits per heavy atom. The molecule has 0 aliphatic rings. The Hall–Kier alpha value is -1.15. The van der Waals surface area contributed by atoms with Gasteiger partial charge in [-0.05, 0) is 38.3 Å². The van der Waals surface area contributed by atoms with Crippen LogP contribution in [0.2, 0.25) is 0 Å². The highest BCUT2D eigenvalue weighted by atomic mass is 16.1. The van der Waals surface area contributed by atoms with Gasteiger partial charge < -0.3 is 10.5 Å². The van der Waals surface area contributed by atoms with E-state index >= 15 is 0 Å². The monoisotopic (exact) mass is 205 g/mol. The molecule has 1 atom stereocenters. The van der Waals surface area contributed by atoms with Crippen molar-refractivity contribution >= 4 is 5.78 Å². The highest BCUT2D eigenvalue weighted by Gasteiger charge is 2.09. The number of hydrogen-bond donors (Lipinski definition) is 1. The number of carbonyl (C=O) groups is 1. The van der Waals surface area contributed by atoms with Gasteiger partial charge in [0.05, 0.1) is 0 Å². The highest BCUT2D eigenvalue weighted by Crippen LogP contribution is 2.20. The van der Waals surface area contributed by atoms with Crippen LogP contribution in [0.15, 0.2) is 18.2 Å². The Morgan fingerprint density at radius 2 is 2.07 bits per heavy atom. The molecule has 0 saturated carbocycles. The molecule has 82 valence electrons. The van der Waals surface area contributed by atoms with E-state index in [1.165, 1.54) is 11.1 Å². The Kier molecular flexibility index (Phi) is 4.04. The maximum Gasteiger partial charge on any atom is 0.129 e. The second-order valence-corrected chi connectivity index (χ2v) is 4.21. The van der Waals surface area contributed by atoms with Crippen LogP contribution >= 0.6 is 0 Å². The molecular weight excluding hydrogens is 186 g/mol. The standard InChI is InChI=1S/C13H19NO/c1-9-4-6-12(10(2)8-9)13(14)7-5-11(3)15/h4,6,8,13H,5,7,14H2,1-3H3. The van der Waals surface area contributed by atoms with Crippen LogP contribution in [-0.4, -0.2) is 5.78 Å². The van der Waals surface area contributed by atoms with Crippen LogP contribution in [-0.2, 0) is 4.79 Å². The van der Waals surface area contributed by atoms with Crippen molar-refractivity contribution in [2.24, 2.45) is 5.73 Å². The van der Waals surface area contributed by atoms with Crippen LogP contribution in [0, 0.1) is 13.8 Å². The van der Waals surface area contributed by atoms with E-state index in [9.17, 15) is 4.79 Å². The fourth-order valence-corrected chi connectivity index (χ4v) is 1.76. The fourth-order valence-electron chi connectivity index (χ4n) is 1.76. The molecule has 0 amide bonds. The molecule has 0 bridgehead atoms. The van der Waals surface area contributed by atoms with Crippen LogP contribution in [0.5, 0.6) is 0 Å². The van der Waals surface area contributed by atoms with Crippen LogP contribution in [0.3, 0.4) is 0 Å². The Labute approximate surface area is 91.5 Å². The van der Waals surface area contributed by atoms with Crippen LogP contribution in [0.4, 0.5) is 0 Å². The van der Waals surface area contributed by atoms with Gasteiger partial charge in [0.1, 0.15) is 5.78 Å². The number of carbonyl (C=O) groups excluding carboxylic acids is 1. The second-order valence-electron chi connectivity index (χ2n) is 4.21. The van der Waals surface area contributed by atoms with Crippen molar-refractivity contribution in [2.75, 3.05) is 0 Å². The molecule has 0 radical (unpaired) electrons. The first-order valence-corrected chi connectivity index (χ1v) is 5.33. The van der Waals surface area contributed by atoms with Gasteiger partial charge in [0.25, 0.3) is 0 Å². The van der Waals surface area contributed by atoms with Crippen molar-refractivity contribution < 1.29 is 4.79 Å². The van der Waals surface area contributed by atoms with E-state index in [1.807, 2.05) is 0 Å². The summed E-state index contributed by atoms with van der Waals surface area (Å²) in [4.78, 5) is 10.9. The lowest BCUT2D eigenvalue weighted by Gasteiger charge is -2.14. The zero-order valence-electron chi connectivity index (χ0n) is 9.71. The zero-order valence-corrected chi connectivity index (χ0v) is 9.71. The lowest BCUT2D eigenvalue weighted by atomic mass is 9.96. The second kappa shape index (κ2) is 5.08. The molecule has 1 aromatic rings. The molecule has 0 heterocycles. The molecule has 2 heteroatoms. The van der Waals surface area contributed by atoms with Gasteiger partial charge in [0, 0.05) is 12.5 Å². The van der Waals surface area contributed by atoms with E-state index in [2.05, 4.69) is 32.0 Å². The first-order chi connectivity index (χ1) is 7.00. The minimum absolute atomic E-state index is 0.0190. The van der Waals surface area contributed by atoms with Gasteiger partial charge in [-0.15, -0.1) is 0 Å². The number of Topliss-reactive ketones (excluding diaryl/α,β-unsaturated/α-hetero) is 1. The molecule has 2 N–H and O–H groups in total. The number of hydrogen-bond acceptors (Lipinski definition) is 2. The van der Waals surface area contributed by atoms with E-state index < -0.39 is 0 Å². The maximum absolute atomic E-state index is 10.9. The van der Waals surface area contributed by atoms with Crippen molar-refractivity contribution in [1.82, 2.24) is 0 Å². The molecule has 1 unspecified atom stereocenters. The highest BCUT2D eigenvalue weighted by molar-refractivity contribution is 5.75. The summed E-state index contributed by atoms with van der Waals surface area (Å²) >= 11 is 0. The molecule has 15 heavy (non-hydrogen) atoms. The molecule has 0 aromatic heterocycles. The lowest BCUT2D eigenvalue weighted by molar-refractivity contribution is -0.117.